The van der Waals surface area contributed by atoms with Crippen LogP contribution in [0.15, 0.2) is 30.5 Å². The molecule has 0 radical (unpaired) electrons. The molecule has 1 N–H and O–H groups in total. The van der Waals surface area contributed by atoms with Crippen molar-refractivity contribution in [2.45, 2.75) is 13.5 Å². The molecule has 2 rings (SSSR count). The quantitative estimate of drug-likeness (QED) is 0.911. The van der Waals surface area contributed by atoms with Crippen LogP contribution < -0.4 is 0 Å². The third kappa shape index (κ3) is 2.65. The highest BCUT2D eigenvalue weighted by Gasteiger charge is 2.08. The van der Waals surface area contributed by atoms with Gasteiger partial charge in [-0.05, 0) is 19.1 Å². The van der Waals surface area contributed by atoms with Crippen LogP contribution in [0.3, 0.4) is 0 Å². The maximum absolute atomic E-state index is 10.6. The van der Waals surface area contributed by atoms with Crippen LogP contribution in [-0.4, -0.2) is 20.6 Å². The van der Waals surface area contributed by atoms with Gasteiger partial charge in [0.1, 0.15) is 12.4 Å². The van der Waals surface area contributed by atoms with Gasteiger partial charge in [0.25, 0.3) is 0 Å². The van der Waals surface area contributed by atoms with Crippen molar-refractivity contribution in [1.29, 1.82) is 0 Å². The van der Waals surface area contributed by atoms with Crippen molar-refractivity contribution in [3.05, 3.63) is 41.3 Å². The van der Waals surface area contributed by atoms with E-state index in [0.717, 1.165) is 11.3 Å². The van der Waals surface area contributed by atoms with Gasteiger partial charge in [-0.25, -0.2) is 4.98 Å². The fourth-order valence-electron chi connectivity index (χ4n) is 1.57. The molecule has 0 atom stereocenters. The minimum absolute atomic E-state index is 0.0770. The summed E-state index contributed by atoms with van der Waals surface area (Å²) in [4.78, 5) is 15.0. The summed E-state index contributed by atoms with van der Waals surface area (Å²) in [5, 5.41) is 9.40. The first kappa shape index (κ1) is 11.7. The second-order valence-corrected chi connectivity index (χ2v) is 4.14. The minimum atomic E-state index is -0.881. The zero-order valence-corrected chi connectivity index (χ0v) is 9.98. The monoisotopic (exact) mass is 250 g/mol. The molecule has 0 saturated carbocycles. The van der Waals surface area contributed by atoms with Gasteiger partial charge in [0, 0.05) is 16.8 Å². The lowest BCUT2D eigenvalue weighted by atomic mass is 10.2. The minimum Gasteiger partial charge on any atom is -0.480 e. The summed E-state index contributed by atoms with van der Waals surface area (Å²) in [7, 11) is 0. The molecule has 1 aromatic heterocycles. The Labute approximate surface area is 103 Å². The number of halogens is 1. The number of carboxylic acids is 1. The Kier molecular flexibility index (Phi) is 3.15. The van der Waals surface area contributed by atoms with Crippen molar-refractivity contribution in [1.82, 2.24) is 9.55 Å². The number of benzene rings is 1. The van der Waals surface area contributed by atoms with Crippen LogP contribution in [-0.2, 0) is 11.3 Å². The van der Waals surface area contributed by atoms with Gasteiger partial charge < -0.3 is 9.67 Å². The average Bonchev–Trinajstić information content (AvgIpc) is 2.60. The molecule has 0 fully saturated rings. The summed E-state index contributed by atoms with van der Waals surface area (Å²) in [5.74, 6) is -0.203. The van der Waals surface area contributed by atoms with E-state index in [1.54, 1.807) is 29.8 Å². The molecular formula is C12H11ClN2O2. The van der Waals surface area contributed by atoms with Crippen LogP contribution >= 0.6 is 11.6 Å². The van der Waals surface area contributed by atoms with Gasteiger partial charge in [-0.1, -0.05) is 23.7 Å². The molecule has 17 heavy (non-hydrogen) atoms. The highest BCUT2D eigenvalue weighted by molar-refractivity contribution is 6.30. The smallest absolute Gasteiger partial charge is 0.323 e. The van der Waals surface area contributed by atoms with E-state index in [4.69, 9.17) is 16.7 Å². The normalized spacial score (nSPS) is 10.5. The summed E-state index contributed by atoms with van der Waals surface area (Å²) < 4.78 is 1.60. The number of carboxylic acid groups (broad SMARTS) is 1. The third-order valence-electron chi connectivity index (χ3n) is 2.42. The lowest BCUT2D eigenvalue weighted by Crippen LogP contribution is -2.08. The lowest BCUT2D eigenvalue weighted by molar-refractivity contribution is -0.137. The molecule has 4 nitrogen and oxygen atoms in total. The first-order valence-electron chi connectivity index (χ1n) is 5.08. The number of carbonyl (C=O) groups is 1. The summed E-state index contributed by atoms with van der Waals surface area (Å²) in [6.07, 6.45) is 1.73. The van der Waals surface area contributed by atoms with Crippen LogP contribution in [0.5, 0.6) is 0 Å². The van der Waals surface area contributed by atoms with Gasteiger partial charge in [0.2, 0.25) is 0 Å². The van der Waals surface area contributed by atoms with Gasteiger partial charge >= 0.3 is 5.97 Å². The van der Waals surface area contributed by atoms with Crippen molar-refractivity contribution >= 4 is 17.6 Å². The number of rotatable bonds is 3. The standard InChI is InChI=1S/C12H11ClN2O2/c1-8-14-11(6-15(8)7-12(16)17)9-2-4-10(13)5-3-9/h2-6H,7H2,1H3,(H,16,17). The molecule has 0 aliphatic heterocycles. The Morgan fingerprint density at radius 2 is 2.06 bits per heavy atom. The maximum atomic E-state index is 10.6. The molecule has 5 heteroatoms. The number of aryl methyl sites for hydroxylation is 1. The van der Waals surface area contributed by atoms with Crippen LogP contribution in [0.1, 0.15) is 5.82 Å². The van der Waals surface area contributed by atoms with Crippen LogP contribution in [0.2, 0.25) is 5.02 Å². The maximum Gasteiger partial charge on any atom is 0.323 e. The molecule has 0 bridgehead atoms. The Bertz CT molecular complexity index is 546. The molecule has 0 aliphatic carbocycles. The average molecular weight is 251 g/mol. The predicted octanol–water partition coefficient (Wildman–Crippen LogP) is 2.60. The largest absolute Gasteiger partial charge is 0.480 e. The number of hydrogen-bond donors (Lipinski definition) is 1. The Balaban J connectivity index is 2.34. The highest BCUT2D eigenvalue weighted by atomic mass is 35.5. The van der Waals surface area contributed by atoms with Crippen LogP contribution in [0.4, 0.5) is 0 Å². The van der Waals surface area contributed by atoms with E-state index in [1.807, 2.05) is 12.1 Å². The van der Waals surface area contributed by atoms with E-state index in [0.29, 0.717) is 10.8 Å². The zero-order chi connectivity index (χ0) is 12.4. The van der Waals surface area contributed by atoms with Gasteiger partial charge in [-0.3, -0.25) is 4.79 Å². The summed E-state index contributed by atoms with van der Waals surface area (Å²) in [5.41, 5.74) is 1.67. The van der Waals surface area contributed by atoms with Gasteiger partial charge in [-0.2, -0.15) is 0 Å². The molecule has 1 heterocycles. The van der Waals surface area contributed by atoms with Crippen molar-refractivity contribution < 1.29 is 9.90 Å². The van der Waals surface area contributed by atoms with Crippen LogP contribution in [0.25, 0.3) is 11.3 Å². The molecule has 0 aliphatic rings. The van der Waals surface area contributed by atoms with Crippen molar-refractivity contribution in [2.75, 3.05) is 0 Å². The topological polar surface area (TPSA) is 55.1 Å². The third-order valence-corrected chi connectivity index (χ3v) is 2.67. The van der Waals surface area contributed by atoms with Crippen molar-refractivity contribution in [3.8, 4) is 11.3 Å². The van der Waals surface area contributed by atoms with E-state index in [9.17, 15) is 4.79 Å². The molecule has 0 amide bonds. The number of imidazole rings is 1. The summed E-state index contributed by atoms with van der Waals surface area (Å²) in [6.45, 7) is 1.70. The first-order valence-corrected chi connectivity index (χ1v) is 5.45. The van der Waals surface area contributed by atoms with Gasteiger partial charge in [0.05, 0.1) is 5.69 Å². The number of hydrogen-bond acceptors (Lipinski definition) is 2. The summed E-state index contributed by atoms with van der Waals surface area (Å²) >= 11 is 5.80. The van der Waals surface area contributed by atoms with Crippen molar-refractivity contribution in [2.24, 2.45) is 0 Å². The second-order valence-electron chi connectivity index (χ2n) is 3.70. The number of aromatic nitrogens is 2. The van der Waals surface area contributed by atoms with E-state index in [1.165, 1.54) is 0 Å². The Morgan fingerprint density at radius 3 is 2.65 bits per heavy atom. The second kappa shape index (κ2) is 4.59. The number of aliphatic carboxylic acids is 1. The van der Waals surface area contributed by atoms with E-state index >= 15 is 0 Å². The Hall–Kier alpha value is -1.81. The zero-order valence-electron chi connectivity index (χ0n) is 9.22. The van der Waals surface area contributed by atoms with E-state index in [2.05, 4.69) is 4.98 Å². The molecule has 88 valence electrons. The molecule has 0 saturated heterocycles. The lowest BCUT2D eigenvalue weighted by Gasteiger charge is -1.98. The SMILES string of the molecule is Cc1nc(-c2ccc(Cl)cc2)cn1CC(=O)O. The van der Waals surface area contributed by atoms with E-state index < -0.39 is 5.97 Å². The van der Waals surface area contributed by atoms with Crippen molar-refractivity contribution in [3.63, 3.8) is 0 Å². The molecule has 2 aromatic rings. The highest BCUT2D eigenvalue weighted by Crippen LogP contribution is 2.20. The number of nitrogens with zero attached hydrogens (tertiary/aromatic N) is 2. The van der Waals surface area contributed by atoms with E-state index in [-0.39, 0.29) is 6.54 Å². The summed E-state index contributed by atoms with van der Waals surface area (Å²) in [6, 6.07) is 7.27. The van der Waals surface area contributed by atoms with Crippen LogP contribution in [0, 0.1) is 6.92 Å². The predicted molar refractivity (Wildman–Crippen MR) is 65.0 cm³/mol. The fraction of sp³-hybridized carbons (Fsp3) is 0.167. The van der Waals surface area contributed by atoms with Gasteiger partial charge in [-0.15, -0.1) is 0 Å². The molecule has 0 unspecified atom stereocenters. The molecular weight excluding hydrogens is 240 g/mol. The van der Waals surface area contributed by atoms with Gasteiger partial charge in [0.15, 0.2) is 0 Å². The Morgan fingerprint density at radius 1 is 1.41 bits per heavy atom. The molecule has 0 spiro atoms. The fourth-order valence-corrected chi connectivity index (χ4v) is 1.70. The molecule has 1 aromatic carbocycles. The first-order chi connectivity index (χ1) is 8.06.